The topological polar surface area (TPSA) is 44.8 Å². The molecule has 0 spiro atoms. The van der Waals surface area contributed by atoms with Crippen LogP contribution in [-0.2, 0) is 0 Å². The van der Waals surface area contributed by atoms with Crippen LogP contribution in [0.3, 0.4) is 0 Å². The lowest BCUT2D eigenvalue weighted by atomic mass is 10.0. The number of amides is 1. The normalized spacial score (nSPS) is 16.5. The summed E-state index contributed by atoms with van der Waals surface area (Å²) in [6.07, 6.45) is 0. The molecule has 1 saturated heterocycles. The first-order chi connectivity index (χ1) is 15.2. The van der Waals surface area contributed by atoms with Gasteiger partial charge in [0.25, 0.3) is 5.91 Å². The molecule has 1 N–H and O–H groups in total. The van der Waals surface area contributed by atoms with E-state index in [9.17, 15) is 4.79 Å². The van der Waals surface area contributed by atoms with E-state index < -0.39 is 0 Å². The Morgan fingerprint density at radius 3 is 2.35 bits per heavy atom. The van der Waals surface area contributed by atoms with Crippen molar-refractivity contribution >= 4 is 22.9 Å². The number of anilines is 1. The van der Waals surface area contributed by atoms with Gasteiger partial charge in [0.1, 0.15) is 5.75 Å². The first-order valence-electron chi connectivity index (χ1n) is 10.7. The second-order valence-electron chi connectivity index (χ2n) is 7.78. The Labute approximate surface area is 188 Å². The van der Waals surface area contributed by atoms with Crippen molar-refractivity contribution in [3.8, 4) is 5.75 Å². The number of hydrogen-bond acceptors (Lipinski definition) is 5. The van der Waals surface area contributed by atoms with Gasteiger partial charge in [0, 0.05) is 42.7 Å². The molecule has 2 aromatic carbocycles. The Balaban J connectivity index is 1.47. The summed E-state index contributed by atoms with van der Waals surface area (Å²) in [5, 5.41) is 5.35. The lowest BCUT2D eigenvalue weighted by Crippen LogP contribution is -2.52. The summed E-state index contributed by atoms with van der Waals surface area (Å²) in [7, 11) is 1.72. The van der Waals surface area contributed by atoms with E-state index in [4.69, 9.17) is 4.74 Å². The lowest BCUT2D eigenvalue weighted by Gasteiger charge is -2.42. The van der Waals surface area contributed by atoms with Gasteiger partial charge >= 0.3 is 0 Å². The van der Waals surface area contributed by atoms with E-state index in [0.29, 0.717) is 5.56 Å². The van der Waals surface area contributed by atoms with Crippen molar-refractivity contribution in [3.05, 3.63) is 82.6 Å². The summed E-state index contributed by atoms with van der Waals surface area (Å²) in [4.78, 5) is 18.9. The van der Waals surface area contributed by atoms with Gasteiger partial charge in [0.05, 0.1) is 18.8 Å². The van der Waals surface area contributed by atoms with E-state index in [2.05, 4.69) is 51.7 Å². The van der Waals surface area contributed by atoms with Crippen LogP contribution in [-0.4, -0.2) is 50.1 Å². The van der Waals surface area contributed by atoms with Crippen LogP contribution in [0.15, 0.2) is 72.1 Å². The standard InChI is InChI=1S/C25H29N3O2S/c1-19(26-25(29)20-9-4-3-5-10-20)24(23-13-8-18-31-23)28-16-14-27(15-17-28)21-11-6-7-12-22(21)30-2/h3-13,18-19,24H,14-17H2,1-2H3,(H,26,29)/t19-,24+/m1/s1. The van der Waals surface area contributed by atoms with E-state index >= 15 is 0 Å². The van der Waals surface area contributed by atoms with Crippen molar-refractivity contribution in [2.45, 2.75) is 19.0 Å². The molecule has 0 bridgehead atoms. The number of hydrogen-bond donors (Lipinski definition) is 1. The van der Waals surface area contributed by atoms with Gasteiger partial charge in [-0.05, 0) is 42.6 Å². The summed E-state index contributed by atoms with van der Waals surface area (Å²) in [5.41, 5.74) is 1.84. The summed E-state index contributed by atoms with van der Waals surface area (Å²) in [5.74, 6) is 0.886. The van der Waals surface area contributed by atoms with E-state index in [1.165, 1.54) is 4.88 Å². The molecular formula is C25H29N3O2S. The van der Waals surface area contributed by atoms with Gasteiger partial charge in [0.15, 0.2) is 0 Å². The molecule has 1 fully saturated rings. The fourth-order valence-corrected chi connectivity index (χ4v) is 5.26. The highest BCUT2D eigenvalue weighted by molar-refractivity contribution is 7.10. The molecule has 0 unspecified atom stereocenters. The molecule has 0 saturated carbocycles. The molecule has 6 heteroatoms. The number of nitrogens with zero attached hydrogens (tertiary/aromatic N) is 2. The third-order valence-electron chi connectivity index (χ3n) is 5.84. The van der Waals surface area contributed by atoms with Gasteiger partial charge in [-0.25, -0.2) is 0 Å². The fraction of sp³-hybridized carbons (Fsp3) is 0.320. The molecule has 2 heterocycles. The van der Waals surface area contributed by atoms with Crippen LogP contribution in [0.4, 0.5) is 5.69 Å². The Morgan fingerprint density at radius 2 is 1.68 bits per heavy atom. The van der Waals surface area contributed by atoms with Gasteiger partial charge in [-0.15, -0.1) is 11.3 Å². The Hall–Kier alpha value is -2.83. The molecular weight excluding hydrogens is 406 g/mol. The number of carbonyl (C=O) groups is 1. The SMILES string of the molecule is COc1ccccc1N1CCN([C@H](c2cccs2)[C@@H](C)NC(=O)c2ccccc2)CC1. The van der Waals surface area contributed by atoms with Crippen molar-refractivity contribution < 1.29 is 9.53 Å². The third kappa shape index (κ3) is 4.92. The molecule has 1 aliphatic heterocycles. The number of ether oxygens (including phenoxy) is 1. The van der Waals surface area contributed by atoms with Crippen LogP contribution < -0.4 is 15.0 Å². The number of rotatable bonds is 7. The van der Waals surface area contributed by atoms with Crippen molar-refractivity contribution in [3.63, 3.8) is 0 Å². The van der Waals surface area contributed by atoms with Crippen molar-refractivity contribution in [1.82, 2.24) is 10.2 Å². The van der Waals surface area contributed by atoms with Crippen LogP contribution in [0, 0.1) is 0 Å². The average Bonchev–Trinajstić information content (AvgIpc) is 3.34. The molecule has 4 rings (SSSR count). The van der Waals surface area contributed by atoms with Crippen LogP contribution in [0.5, 0.6) is 5.75 Å². The van der Waals surface area contributed by atoms with Gasteiger partial charge < -0.3 is 15.0 Å². The minimum Gasteiger partial charge on any atom is -0.495 e. The second-order valence-corrected chi connectivity index (χ2v) is 8.76. The monoisotopic (exact) mass is 435 g/mol. The maximum absolute atomic E-state index is 12.8. The first-order valence-corrected chi connectivity index (χ1v) is 11.6. The molecule has 5 nitrogen and oxygen atoms in total. The zero-order valence-corrected chi connectivity index (χ0v) is 18.8. The van der Waals surface area contributed by atoms with Crippen LogP contribution >= 0.6 is 11.3 Å². The van der Waals surface area contributed by atoms with E-state index in [-0.39, 0.29) is 18.0 Å². The summed E-state index contributed by atoms with van der Waals surface area (Å²) >= 11 is 1.75. The van der Waals surface area contributed by atoms with Gasteiger partial charge in [-0.1, -0.05) is 36.4 Å². The number of para-hydroxylation sites is 2. The smallest absolute Gasteiger partial charge is 0.251 e. The van der Waals surface area contributed by atoms with Crippen molar-refractivity contribution in [1.29, 1.82) is 0 Å². The predicted octanol–water partition coefficient (Wildman–Crippen LogP) is 4.44. The highest BCUT2D eigenvalue weighted by Gasteiger charge is 2.31. The number of piperazine rings is 1. The second kappa shape index (κ2) is 9.98. The summed E-state index contributed by atoms with van der Waals surface area (Å²) in [6.45, 7) is 5.79. The number of carbonyl (C=O) groups excluding carboxylic acids is 1. The quantitative estimate of drug-likeness (QED) is 0.596. The maximum Gasteiger partial charge on any atom is 0.251 e. The van der Waals surface area contributed by atoms with Crippen LogP contribution in [0.25, 0.3) is 0 Å². The Bertz CT molecular complexity index is 969. The predicted molar refractivity (Wildman–Crippen MR) is 127 cm³/mol. The van der Waals surface area contributed by atoms with E-state index in [1.807, 2.05) is 42.5 Å². The van der Waals surface area contributed by atoms with Gasteiger partial charge in [-0.3, -0.25) is 9.69 Å². The van der Waals surface area contributed by atoms with E-state index in [1.54, 1.807) is 18.4 Å². The molecule has 2 atom stereocenters. The zero-order valence-electron chi connectivity index (χ0n) is 18.0. The molecule has 1 aromatic heterocycles. The number of methoxy groups -OCH3 is 1. The van der Waals surface area contributed by atoms with Crippen molar-refractivity contribution in [2.75, 3.05) is 38.2 Å². The zero-order chi connectivity index (χ0) is 21.6. The molecule has 31 heavy (non-hydrogen) atoms. The first kappa shape index (κ1) is 21.4. The fourth-order valence-electron chi connectivity index (χ4n) is 4.29. The summed E-state index contributed by atoms with van der Waals surface area (Å²) < 4.78 is 5.55. The van der Waals surface area contributed by atoms with E-state index in [0.717, 1.165) is 37.6 Å². The number of nitrogens with one attached hydrogen (secondary N) is 1. The lowest BCUT2D eigenvalue weighted by molar-refractivity contribution is 0.0890. The third-order valence-corrected chi connectivity index (χ3v) is 6.78. The number of benzene rings is 2. The van der Waals surface area contributed by atoms with Crippen LogP contribution in [0.1, 0.15) is 28.2 Å². The highest BCUT2D eigenvalue weighted by Crippen LogP contribution is 2.32. The molecule has 3 aromatic rings. The Morgan fingerprint density at radius 1 is 0.968 bits per heavy atom. The summed E-state index contributed by atoms with van der Waals surface area (Å²) in [6, 6.07) is 22.0. The van der Waals surface area contributed by atoms with Crippen LogP contribution in [0.2, 0.25) is 0 Å². The Kier molecular flexibility index (Phi) is 6.89. The maximum atomic E-state index is 12.8. The van der Waals surface area contributed by atoms with Crippen molar-refractivity contribution in [2.24, 2.45) is 0 Å². The minimum absolute atomic E-state index is 0.0100. The molecule has 0 aliphatic carbocycles. The molecule has 162 valence electrons. The van der Waals surface area contributed by atoms with Gasteiger partial charge in [-0.2, -0.15) is 0 Å². The minimum atomic E-state index is -0.0256. The largest absolute Gasteiger partial charge is 0.495 e. The highest BCUT2D eigenvalue weighted by atomic mass is 32.1. The molecule has 1 amide bonds. The molecule has 0 radical (unpaired) electrons. The average molecular weight is 436 g/mol. The number of thiophene rings is 1. The molecule has 1 aliphatic rings. The van der Waals surface area contributed by atoms with Gasteiger partial charge in [0.2, 0.25) is 0 Å².